The molecule has 0 aliphatic heterocycles. The Morgan fingerprint density at radius 1 is 1.36 bits per heavy atom. The first kappa shape index (κ1) is 12.9. The summed E-state index contributed by atoms with van der Waals surface area (Å²) in [5.41, 5.74) is 0. The Balaban J connectivity index is 4.39. The van der Waals surface area contributed by atoms with Crippen molar-refractivity contribution in [1.29, 1.82) is 0 Å². The number of ether oxygens (including phenoxy) is 2. The van der Waals surface area contributed by atoms with Gasteiger partial charge in [-0.1, -0.05) is 6.92 Å². The number of hydrogen-bond donors (Lipinski definition) is 1. The van der Waals surface area contributed by atoms with Crippen molar-refractivity contribution in [2.75, 3.05) is 14.2 Å². The largest absolute Gasteiger partial charge is 0.453 e. The zero-order valence-electron chi connectivity index (χ0n) is 8.99. The van der Waals surface area contributed by atoms with E-state index in [1.165, 1.54) is 14.2 Å². The minimum atomic E-state index is -0.641. The first-order valence-electron chi connectivity index (χ1n) is 4.46. The highest BCUT2D eigenvalue weighted by Crippen LogP contribution is 2.02. The molecule has 2 atom stereocenters. The maximum Gasteiger partial charge on any atom is 0.407 e. The normalized spacial score (nSPS) is 14.3. The fourth-order valence-corrected chi connectivity index (χ4v) is 1.00. The predicted molar refractivity (Wildman–Crippen MR) is 51.1 cm³/mol. The van der Waals surface area contributed by atoms with E-state index < -0.39 is 12.1 Å². The molecule has 0 radical (unpaired) electrons. The van der Waals surface area contributed by atoms with E-state index in [4.69, 9.17) is 4.74 Å². The lowest BCUT2D eigenvalue weighted by atomic mass is 10.1. The Morgan fingerprint density at radius 2 is 1.93 bits per heavy atom. The van der Waals surface area contributed by atoms with E-state index in [2.05, 4.69) is 10.1 Å². The molecule has 5 heteroatoms. The molecule has 0 spiro atoms. The van der Waals surface area contributed by atoms with Crippen LogP contribution in [0.15, 0.2) is 0 Å². The van der Waals surface area contributed by atoms with Crippen LogP contribution in [0.4, 0.5) is 4.79 Å². The lowest BCUT2D eigenvalue weighted by molar-refractivity contribution is -0.123. The van der Waals surface area contributed by atoms with Crippen LogP contribution in [0.2, 0.25) is 0 Å². The van der Waals surface area contributed by atoms with Gasteiger partial charge in [-0.25, -0.2) is 4.79 Å². The molecule has 0 bridgehead atoms. The van der Waals surface area contributed by atoms with Gasteiger partial charge >= 0.3 is 6.09 Å². The quantitative estimate of drug-likeness (QED) is 0.715. The van der Waals surface area contributed by atoms with E-state index in [0.717, 1.165) is 0 Å². The van der Waals surface area contributed by atoms with E-state index in [0.29, 0.717) is 6.42 Å². The minimum Gasteiger partial charge on any atom is -0.453 e. The average Bonchev–Trinajstić information content (AvgIpc) is 2.23. The van der Waals surface area contributed by atoms with Crippen molar-refractivity contribution in [3.05, 3.63) is 0 Å². The van der Waals surface area contributed by atoms with E-state index >= 15 is 0 Å². The second-order valence-electron chi connectivity index (χ2n) is 2.87. The molecule has 14 heavy (non-hydrogen) atoms. The fraction of sp³-hybridized carbons (Fsp3) is 0.778. The number of hydrogen-bond acceptors (Lipinski definition) is 4. The van der Waals surface area contributed by atoms with Gasteiger partial charge in [-0.2, -0.15) is 0 Å². The van der Waals surface area contributed by atoms with E-state index in [1.54, 1.807) is 13.8 Å². The third kappa shape index (κ3) is 3.74. The number of nitrogens with one attached hydrogen (secondary N) is 1. The highest BCUT2D eigenvalue weighted by Gasteiger charge is 2.25. The van der Waals surface area contributed by atoms with Gasteiger partial charge in [-0.15, -0.1) is 0 Å². The van der Waals surface area contributed by atoms with Gasteiger partial charge in [0.25, 0.3) is 0 Å². The number of carbonyl (C=O) groups excluding carboxylic acids is 2. The topological polar surface area (TPSA) is 64.6 Å². The molecule has 0 rings (SSSR count). The summed E-state index contributed by atoms with van der Waals surface area (Å²) < 4.78 is 9.40. The second kappa shape index (κ2) is 6.37. The molecule has 0 heterocycles. The third-order valence-electron chi connectivity index (χ3n) is 2.00. The molecular formula is C9H17NO4. The highest BCUT2D eigenvalue weighted by atomic mass is 16.5. The first-order valence-corrected chi connectivity index (χ1v) is 4.46. The zero-order valence-corrected chi connectivity index (χ0v) is 8.99. The molecule has 82 valence electrons. The summed E-state index contributed by atoms with van der Waals surface area (Å²) in [5, 5.41) is 2.43. The Labute approximate surface area is 83.8 Å². The zero-order chi connectivity index (χ0) is 11.1. The van der Waals surface area contributed by atoms with Crippen LogP contribution in [0, 0.1) is 0 Å². The standard InChI is InChI=1S/C9H17NO4/c1-5-7(11)8(6(2)13-3)10-9(12)14-4/h6,8H,5H2,1-4H3,(H,10,12)/t6-,8-/m1/s1. The summed E-state index contributed by atoms with van der Waals surface area (Å²) in [6.07, 6.45) is -0.634. The number of ketones is 1. The van der Waals surface area contributed by atoms with Gasteiger partial charge in [0, 0.05) is 13.5 Å². The molecule has 0 fully saturated rings. The Morgan fingerprint density at radius 3 is 2.29 bits per heavy atom. The summed E-state index contributed by atoms with van der Waals surface area (Å²) in [7, 11) is 2.74. The van der Waals surface area contributed by atoms with Crippen LogP contribution >= 0.6 is 0 Å². The van der Waals surface area contributed by atoms with Crippen LogP contribution in [-0.2, 0) is 14.3 Å². The van der Waals surface area contributed by atoms with Crippen molar-refractivity contribution in [1.82, 2.24) is 5.32 Å². The van der Waals surface area contributed by atoms with Crippen molar-refractivity contribution in [2.45, 2.75) is 32.4 Å². The summed E-state index contributed by atoms with van der Waals surface area (Å²) in [4.78, 5) is 22.3. The molecule has 0 aliphatic rings. The lowest BCUT2D eigenvalue weighted by Gasteiger charge is -2.21. The molecule has 0 saturated carbocycles. The van der Waals surface area contributed by atoms with Gasteiger partial charge in [-0.05, 0) is 6.92 Å². The number of Topliss-reactive ketones (excluding diaryl/α,β-unsaturated/α-hetero) is 1. The number of alkyl carbamates (subject to hydrolysis) is 1. The summed E-state index contributed by atoms with van der Waals surface area (Å²) >= 11 is 0. The molecule has 0 unspecified atom stereocenters. The van der Waals surface area contributed by atoms with Crippen molar-refractivity contribution >= 4 is 11.9 Å². The molecule has 0 saturated heterocycles. The number of rotatable bonds is 5. The summed E-state index contributed by atoms with van der Waals surface area (Å²) in [5.74, 6) is -0.0789. The van der Waals surface area contributed by atoms with Crippen molar-refractivity contribution in [3.63, 3.8) is 0 Å². The Hall–Kier alpha value is -1.10. The van der Waals surface area contributed by atoms with Crippen LogP contribution < -0.4 is 5.32 Å². The Bertz CT molecular complexity index is 205. The Kier molecular flexibility index (Phi) is 5.87. The van der Waals surface area contributed by atoms with Gasteiger partial charge < -0.3 is 14.8 Å². The monoisotopic (exact) mass is 203 g/mol. The molecule has 0 aromatic carbocycles. The molecule has 0 aliphatic carbocycles. The van der Waals surface area contributed by atoms with Crippen molar-refractivity contribution < 1.29 is 19.1 Å². The van der Waals surface area contributed by atoms with Crippen LogP contribution in [0.25, 0.3) is 0 Å². The number of carbonyl (C=O) groups is 2. The SMILES string of the molecule is CCC(=O)[C@H](NC(=O)OC)[C@@H](C)OC. The molecule has 5 nitrogen and oxygen atoms in total. The van der Waals surface area contributed by atoms with E-state index in [-0.39, 0.29) is 11.9 Å². The van der Waals surface area contributed by atoms with Gasteiger partial charge in [0.1, 0.15) is 6.04 Å². The molecule has 1 N–H and O–H groups in total. The van der Waals surface area contributed by atoms with Crippen LogP contribution in [0.3, 0.4) is 0 Å². The molecule has 1 amide bonds. The number of amides is 1. The first-order chi connectivity index (χ1) is 6.56. The highest BCUT2D eigenvalue weighted by molar-refractivity contribution is 5.87. The third-order valence-corrected chi connectivity index (χ3v) is 2.00. The maximum absolute atomic E-state index is 11.4. The van der Waals surface area contributed by atoms with Gasteiger partial charge in [0.2, 0.25) is 0 Å². The van der Waals surface area contributed by atoms with Crippen LogP contribution in [-0.4, -0.2) is 38.2 Å². The van der Waals surface area contributed by atoms with Gasteiger partial charge in [0.15, 0.2) is 5.78 Å². The summed E-state index contributed by atoms with van der Waals surface area (Å²) in [6, 6.07) is -0.641. The van der Waals surface area contributed by atoms with Crippen molar-refractivity contribution in [3.8, 4) is 0 Å². The fourth-order valence-electron chi connectivity index (χ4n) is 1.00. The summed E-state index contributed by atoms with van der Waals surface area (Å²) in [6.45, 7) is 3.45. The number of methoxy groups -OCH3 is 2. The smallest absolute Gasteiger partial charge is 0.407 e. The van der Waals surface area contributed by atoms with E-state index in [1.807, 2.05) is 0 Å². The van der Waals surface area contributed by atoms with Crippen LogP contribution in [0.5, 0.6) is 0 Å². The minimum absolute atomic E-state index is 0.0789. The van der Waals surface area contributed by atoms with E-state index in [9.17, 15) is 9.59 Å². The second-order valence-corrected chi connectivity index (χ2v) is 2.87. The average molecular weight is 203 g/mol. The van der Waals surface area contributed by atoms with Gasteiger partial charge in [-0.3, -0.25) is 4.79 Å². The maximum atomic E-state index is 11.4. The van der Waals surface area contributed by atoms with Crippen molar-refractivity contribution in [2.24, 2.45) is 0 Å². The van der Waals surface area contributed by atoms with Gasteiger partial charge in [0.05, 0.1) is 13.2 Å². The van der Waals surface area contributed by atoms with Crippen LogP contribution in [0.1, 0.15) is 20.3 Å². The lowest BCUT2D eigenvalue weighted by Crippen LogP contribution is -2.48. The predicted octanol–water partition coefficient (Wildman–Crippen LogP) is 0.725. The molecule has 0 aromatic rings. The molecular weight excluding hydrogens is 186 g/mol. The molecule has 0 aromatic heterocycles.